The third kappa shape index (κ3) is 9.85. The molecule has 5 nitrogen and oxygen atoms in total. The van der Waals surface area contributed by atoms with Gasteiger partial charge in [0.05, 0.1) is 16.9 Å². The van der Waals surface area contributed by atoms with Crippen molar-refractivity contribution in [2.24, 2.45) is 22.7 Å². The summed E-state index contributed by atoms with van der Waals surface area (Å²) in [6.07, 6.45) is 6.71. The van der Waals surface area contributed by atoms with Crippen LogP contribution in [-0.4, -0.2) is 15.9 Å². The Balaban J connectivity index is 0.000000335. The Labute approximate surface area is 327 Å². The number of aliphatic hydroxyl groups is 1. The minimum atomic E-state index is -0.308. The number of aliphatic hydroxyl groups excluding tert-OH is 1. The van der Waals surface area contributed by atoms with Crippen molar-refractivity contribution in [1.29, 1.82) is 0 Å². The number of hydrogen-bond acceptors (Lipinski definition) is 5. The van der Waals surface area contributed by atoms with E-state index < -0.39 is 0 Å². The first kappa shape index (κ1) is 41.9. The molecule has 2 aromatic heterocycles. The zero-order valence-corrected chi connectivity index (χ0v) is 35.4. The Morgan fingerprint density at radius 3 is 2.11 bits per heavy atom. The molecular weight excluding hydrogens is 842 g/mol. The molecule has 285 valence electrons. The number of para-hydroxylation sites is 1. The molecule has 4 aromatic carbocycles. The number of furan rings is 1. The fourth-order valence-electron chi connectivity index (χ4n) is 7.08. The van der Waals surface area contributed by atoms with Gasteiger partial charge < -0.3 is 13.9 Å². The predicted octanol–water partition coefficient (Wildman–Crippen LogP) is 13.5. The Morgan fingerprint density at radius 1 is 0.830 bits per heavy atom. The summed E-state index contributed by atoms with van der Waals surface area (Å²) in [5.41, 5.74) is 6.34. The number of hydrogen-bond donors (Lipinski definition) is 1. The summed E-state index contributed by atoms with van der Waals surface area (Å²) < 4.78 is 27.2. The van der Waals surface area contributed by atoms with Gasteiger partial charge in [-0.25, -0.2) is 9.37 Å². The molecule has 7 heteroatoms. The molecule has 0 fully saturated rings. The van der Waals surface area contributed by atoms with Crippen LogP contribution < -0.4 is 0 Å². The smallest absolute Gasteiger partial charge is 0.162 e. The van der Waals surface area contributed by atoms with Crippen molar-refractivity contribution in [2.75, 3.05) is 0 Å². The van der Waals surface area contributed by atoms with E-state index in [1.165, 1.54) is 23.8 Å². The molecule has 0 aliphatic carbocycles. The first-order valence-corrected chi connectivity index (χ1v) is 18.9. The van der Waals surface area contributed by atoms with E-state index in [4.69, 9.17) is 13.8 Å². The van der Waals surface area contributed by atoms with E-state index in [1.807, 2.05) is 39.8 Å². The van der Waals surface area contributed by atoms with Crippen molar-refractivity contribution >= 4 is 49.6 Å². The number of aromatic nitrogens is 1. The van der Waals surface area contributed by atoms with Gasteiger partial charge in [-0.15, -0.1) is 17.5 Å². The van der Waals surface area contributed by atoms with Crippen LogP contribution in [0, 0.1) is 34.5 Å². The summed E-state index contributed by atoms with van der Waals surface area (Å²) in [5.74, 6) is 0.734. The Bertz CT molecular complexity index is 2220. The molecule has 0 unspecified atom stereocenters. The van der Waals surface area contributed by atoms with Gasteiger partial charge in [0, 0.05) is 38.0 Å². The van der Waals surface area contributed by atoms with E-state index in [1.54, 1.807) is 6.07 Å². The fraction of sp³-hybridized carbons (Fsp3) is 0.435. The number of oxazole rings is 1. The first-order chi connectivity index (χ1) is 24.5. The molecule has 0 saturated carbocycles. The standard InChI is InChI=1S/C33H31FNO2.C13H24O2.Ir/c1-32(2,3)17-19-10-13-23-27(14-19)36-30-24-16-22(34)12-11-20(24)15-25(28(23)30)31-35-26-9-7-8-21(29(26)37-31)18-33(4,5)6;1-5-10(6-2)12(14)9-13(15)11(7-3)8-4;/h7-14,16H,17-18H2,1-6H3;9-11,14H,5-8H2,1-4H3;/q-1;;/b;12-9-;. The Morgan fingerprint density at radius 2 is 1.49 bits per heavy atom. The van der Waals surface area contributed by atoms with Gasteiger partial charge in [0.2, 0.25) is 0 Å². The molecule has 0 bridgehead atoms. The second-order valence-corrected chi connectivity index (χ2v) is 16.6. The molecule has 0 aliphatic heterocycles. The Kier molecular flexibility index (Phi) is 13.5. The average Bonchev–Trinajstić information content (AvgIpc) is 3.67. The second-order valence-electron chi connectivity index (χ2n) is 16.6. The molecule has 6 rings (SSSR count). The maximum absolute atomic E-state index is 14.3. The van der Waals surface area contributed by atoms with Crippen molar-refractivity contribution in [3.8, 4) is 11.5 Å². The van der Waals surface area contributed by atoms with Crippen molar-refractivity contribution in [1.82, 2.24) is 4.98 Å². The summed E-state index contributed by atoms with van der Waals surface area (Å²) >= 11 is 0. The molecule has 2 heterocycles. The third-order valence-electron chi connectivity index (χ3n) is 9.74. The van der Waals surface area contributed by atoms with E-state index in [-0.39, 0.29) is 60.1 Å². The molecule has 0 atom stereocenters. The van der Waals surface area contributed by atoms with Crippen LogP contribution in [0.1, 0.15) is 106 Å². The Hall–Kier alpha value is -3.80. The van der Waals surface area contributed by atoms with E-state index in [0.29, 0.717) is 16.9 Å². The van der Waals surface area contributed by atoms with Crippen LogP contribution in [0.4, 0.5) is 4.39 Å². The topological polar surface area (TPSA) is 76.5 Å². The molecule has 1 N–H and O–H groups in total. The number of ketones is 1. The number of fused-ring (bicyclic) bond motifs is 6. The SMILES string of the molecule is CC(C)(C)Cc1ccc2c(c1)oc1c3cc(F)ccc3[c-]c(-c3nc4cccc(CC(C)(C)C)c4o3)c21.CCC(CC)C(=O)/C=C(\O)C(CC)CC.[Ir]. The first-order valence-electron chi connectivity index (χ1n) is 18.9. The predicted molar refractivity (Wildman–Crippen MR) is 213 cm³/mol. The summed E-state index contributed by atoms with van der Waals surface area (Å²) in [7, 11) is 0. The summed E-state index contributed by atoms with van der Waals surface area (Å²) in [6, 6.07) is 20.7. The van der Waals surface area contributed by atoms with Crippen LogP contribution in [0.25, 0.3) is 55.3 Å². The summed E-state index contributed by atoms with van der Waals surface area (Å²) in [4.78, 5) is 16.6. The fourth-order valence-corrected chi connectivity index (χ4v) is 7.08. The average molecular weight is 897 g/mol. The van der Waals surface area contributed by atoms with Gasteiger partial charge in [0.15, 0.2) is 11.7 Å². The third-order valence-corrected chi connectivity index (χ3v) is 9.74. The number of halogens is 1. The van der Waals surface area contributed by atoms with Crippen molar-refractivity contribution in [2.45, 2.75) is 108 Å². The van der Waals surface area contributed by atoms with Crippen molar-refractivity contribution in [3.63, 3.8) is 0 Å². The molecule has 0 saturated heterocycles. The monoisotopic (exact) mass is 897 g/mol. The van der Waals surface area contributed by atoms with Crippen LogP contribution in [0.5, 0.6) is 0 Å². The van der Waals surface area contributed by atoms with Gasteiger partial charge in [-0.2, -0.15) is 0 Å². The van der Waals surface area contributed by atoms with Crippen LogP contribution in [0.15, 0.2) is 75.3 Å². The van der Waals surface area contributed by atoms with E-state index >= 15 is 0 Å². The number of allylic oxidation sites excluding steroid dienone is 2. The van der Waals surface area contributed by atoms with Crippen LogP contribution >= 0.6 is 0 Å². The molecule has 53 heavy (non-hydrogen) atoms. The number of carbonyl (C=O) groups excluding carboxylic acids is 1. The quantitative estimate of drug-likeness (QED) is 0.0842. The summed E-state index contributed by atoms with van der Waals surface area (Å²) in [6.45, 7) is 21.4. The van der Waals surface area contributed by atoms with Gasteiger partial charge in [-0.3, -0.25) is 4.79 Å². The maximum Gasteiger partial charge on any atom is 0.162 e. The maximum atomic E-state index is 14.3. The second kappa shape index (κ2) is 17.1. The van der Waals surface area contributed by atoms with Crippen LogP contribution in [0.3, 0.4) is 0 Å². The number of rotatable bonds is 10. The zero-order chi connectivity index (χ0) is 38.0. The normalized spacial score (nSPS) is 12.6. The molecular formula is C46H55FIrNO4-. The minimum Gasteiger partial charge on any atom is -0.512 e. The van der Waals surface area contributed by atoms with Crippen LogP contribution in [0.2, 0.25) is 0 Å². The number of benzene rings is 4. The summed E-state index contributed by atoms with van der Waals surface area (Å²) in [5, 5.41) is 13.0. The van der Waals surface area contributed by atoms with Crippen molar-refractivity contribution < 1.29 is 43.2 Å². The minimum absolute atomic E-state index is 0. The van der Waals surface area contributed by atoms with Crippen molar-refractivity contribution in [3.05, 3.63) is 89.4 Å². The van der Waals surface area contributed by atoms with E-state index in [2.05, 4.69) is 71.9 Å². The molecule has 1 radical (unpaired) electrons. The molecule has 0 amide bonds. The van der Waals surface area contributed by atoms with Crippen LogP contribution in [-0.2, 0) is 37.7 Å². The number of carbonyl (C=O) groups is 1. The molecule has 6 aromatic rings. The van der Waals surface area contributed by atoms with Gasteiger partial charge in [-0.05, 0) is 94.8 Å². The molecule has 0 aliphatic rings. The number of nitrogens with zero attached hydrogens (tertiary/aromatic N) is 1. The van der Waals surface area contributed by atoms with E-state index in [9.17, 15) is 14.3 Å². The van der Waals surface area contributed by atoms with Gasteiger partial charge in [0.25, 0.3) is 0 Å². The zero-order valence-electron chi connectivity index (χ0n) is 33.0. The largest absolute Gasteiger partial charge is 0.512 e. The van der Waals surface area contributed by atoms with E-state index in [0.717, 1.165) is 82.5 Å². The van der Waals surface area contributed by atoms with Gasteiger partial charge >= 0.3 is 0 Å². The van der Waals surface area contributed by atoms with Gasteiger partial charge in [-0.1, -0.05) is 105 Å². The molecule has 0 spiro atoms. The van der Waals surface area contributed by atoms with Gasteiger partial charge in [0.1, 0.15) is 17.0 Å².